The Balaban J connectivity index is 1.84. The Morgan fingerprint density at radius 1 is 1.19 bits per heavy atom. The van der Waals surface area contributed by atoms with Crippen molar-refractivity contribution >= 4 is 29.3 Å². The number of carbonyl (C=O) groups is 3. The summed E-state index contributed by atoms with van der Waals surface area (Å²) in [6, 6.07) is 3.97. The molecule has 0 bridgehead atoms. The molecule has 2 aromatic heterocycles. The van der Waals surface area contributed by atoms with E-state index in [9.17, 15) is 14.4 Å². The summed E-state index contributed by atoms with van der Waals surface area (Å²) in [7, 11) is 0. The summed E-state index contributed by atoms with van der Waals surface area (Å²) in [5, 5.41) is 0.776. The fourth-order valence-corrected chi connectivity index (χ4v) is 4.16. The zero-order valence-electron chi connectivity index (χ0n) is 15.1. The number of imide groups is 1. The largest absolute Gasteiger partial charge is 0.452 e. The van der Waals surface area contributed by atoms with Gasteiger partial charge in [0.25, 0.3) is 5.91 Å². The number of rotatable bonds is 4. The number of aromatic nitrogens is 1. The lowest BCUT2D eigenvalue weighted by molar-refractivity contribution is -0.131. The van der Waals surface area contributed by atoms with E-state index in [0.717, 1.165) is 31.7 Å². The minimum absolute atomic E-state index is 0.164. The van der Waals surface area contributed by atoms with Gasteiger partial charge in [0.15, 0.2) is 6.61 Å². The molecular formula is C18H20N2O5S. The summed E-state index contributed by atoms with van der Waals surface area (Å²) >= 11 is 1.51. The summed E-state index contributed by atoms with van der Waals surface area (Å²) in [6.45, 7) is 7.59. The number of hydrogen-bond acceptors (Lipinski definition) is 6. The second-order valence-corrected chi connectivity index (χ2v) is 7.35. The molecule has 0 saturated carbocycles. The van der Waals surface area contributed by atoms with Gasteiger partial charge in [-0.2, -0.15) is 0 Å². The van der Waals surface area contributed by atoms with Crippen LogP contribution in [-0.4, -0.2) is 47.2 Å². The molecule has 2 aromatic rings. The maximum absolute atomic E-state index is 12.7. The van der Waals surface area contributed by atoms with Crippen molar-refractivity contribution in [1.82, 2.24) is 9.47 Å². The van der Waals surface area contributed by atoms with Gasteiger partial charge in [-0.1, -0.05) is 0 Å². The highest BCUT2D eigenvalue weighted by molar-refractivity contribution is 7.15. The molecule has 0 spiro atoms. The van der Waals surface area contributed by atoms with Gasteiger partial charge < -0.3 is 14.0 Å². The lowest BCUT2D eigenvalue weighted by Crippen LogP contribution is -2.35. The molecule has 0 aromatic carbocycles. The summed E-state index contributed by atoms with van der Waals surface area (Å²) < 4.78 is 11.9. The number of esters is 1. The van der Waals surface area contributed by atoms with Crippen LogP contribution in [0.4, 0.5) is 4.79 Å². The van der Waals surface area contributed by atoms with E-state index in [0.29, 0.717) is 5.56 Å². The zero-order chi connectivity index (χ0) is 19.0. The van der Waals surface area contributed by atoms with Gasteiger partial charge in [0.2, 0.25) is 0 Å². The molecule has 26 heavy (non-hydrogen) atoms. The fourth-order valence-electron chi connectivity index (χ4n) is 2.89. The first-order chi connectivity index (χ1) is 12.3. The van der Waals surface area contributed by atoms with Crippen molar-refractivity contribution in [2.24, 2.45) is 0 Å². The lowest BCUT2D eigenvalue weighted by Gasteiger charge is -2.13. The number of aryl methyl sites for hydroxylation is 3. The molecule has 3 rings (SSSR count). The molecule has 1 fully saturated rings. The van der Waals surface area contributed by atoms with E-state index in [1.54, 1.807) is 0 Å². The van der Waals surface area contributed by atoms with E-state index < -0.39 is 24.6 Å². The molecule has 0 atom stereocenters. The highest BCUT2D eigenvalue weighted by Crippen LogP contribution is 2.33. The molecule has 1 aliphatic heterocycles. The Labute approximate surface area is 155 Å². The van der Waals surface area contributed by atoms with Crippen LogP contribution in [0.1, 0.15) is 32.2 Å². The summed E-state index contributed by atoms with van der Waals surface area (Å²) in [5.41, 5.74) is 3.30. The van der Waals surface area contributed by atoms with Crippen molar-refractivity contribution in [2.45, 2.75) is 27.7 Å². The maximum Gasteiger partial charge on any atom is 0.416 e. The molecule has 0 N–H and O–H groups in total. The van der Waals surface area contributed by atoms with Crippen molar-refractivity contribution in [3.8, 4) is 5.00 Å². The Morgan fingerprint density at radius 3 is 2.42 bits per heavy atom. The summed E-state index contributed by atoms with van der Waals surface area (Å²) in [4.78, 5) is 38.1. The van der Waals surface area contributed by atoms with Crippen LogP contribution >= 0.6 is 11.3 Å². The number of cyclic esters (lactones) is 1. The third-order valence-electron chi connectivity index (χ3n) is 4.43. The van der Waals surface area contributed by atoms with E-state index in [2.05, 4.69) is 0 Å². The van der Waals surface area contributed by atoms with Crippen LogP contribution in [0.15, 0.2) is 12.1 Å². The molecule has 8 heteroatoms. The van der Waals surface area contributed by atoms with E-state index in [1.807, 2.05) is 44.4 Å². The van der Waals surface area contributed by atoms with Crippen LogP contribution in [-0.2, 0) is 14.3 Å². The molecule has 3 heterocycles. The summed E-state index contributed by atoms with van der Waals surface area (Å²) in [6.07, 6.45) is -0.701. The molecule has 7 nitrogen and oxygen atoms in total. The highest BCUT2D eigenvalue weighted by Gasteiger charge is 2.30. The number of carbonyl (C=O) groups excluding carboxylic acids is 3. The third-order valence-corrected chi connectivity index (χ3v) is 5.63. The molecule has 0 unspecified atom stereocenters. The van der Waals surface area contributed by atoms with Crippen molar-refractivity contribution in [3.63, 3.8) is 0 Å². The van der Waals surface area contributed by atoms with E-state index in [1.165, 1.54) is 11.3 Å². The SMILES string of the molecule is Cc1sc(-n2c(C)ccc2C)c(C(=O)OCC(=O)N2CCOC2=O)c1C. The number of nitrogens with zero attached hydrogens (tertiary/aromatic N) is 2. The van der Waals surface area contributed by atoms with Crippen LogP contribution in [0, 0.1) is 27.7 Å². The minimum Gasteiger partial charge on any atom is -0.452 e. The average molecular weight is 376 g/mol. The van der Waals surface area contributed by atoms with Crippen molar-refractivity contribution < 1.29 is 23.9 Å². The van der Waals surface area contributed by atoms with Crippen LogP contribution in [0.25, 0.3) is 5.00 Å². The van der Waals surface area contributed by atoms with Gasteiger partial charge in [-0.05, 0) is 45.4 Å². The first-order valence-corrected chi connectivity index (χ1v) is 9.02. The standard InChI is InChI=1S/C18H20N2O5S/c1-10-5-6-11(2)20(10)16-15(12(3)13(4)26-16)17(22)25-9-14(21)19-7-8-24-18(19)23/h5-6H,7-9H2,1-4H3. The quantitative estimate of drug-likeness (QED) is 0.767. The normalized spacial score (nSPS) is 13.8. The molecular weight excluding hydrogens is 356 g/mol. The second kappa shape index (κ2) is 6.95. The summed E-state index contributed by atoms with van der Waals surface area (Å²) in [5.74, 6) is -1.16. The lowest BCUT2D eigenvalue weighted by atomic mass is 10.1. The van der Waals surface area contributed by atoms with E-state index >= 15 is 0 Å². The third kappa shape index (κ3) is 3.12. The number of thiophene rings is 1. The minimum atomic E-state index is -0.701. The molecule has 2 amide bonds. The Hall–Kier alpha value is -2.61. The van der Waals surface area contributed by atoms with Gasteiger partial charge >= 0.3 is 12.1 Å². The van der Waals surface area contributed by atoms with Crippen molar-refractivity contribution in [2.75, 3.05) is 19.8 Å². The number of hydrogen-bond donors (Lipinski definition) is 0. The average Bonchev–Trinajstić information content (AvgIpc) is 3.24. The van der Waals surface area contributed by atoms with Crippen LogP contribution < -0.4 is 0 Å². The Morgan fingerprint density at radius 2 is 1.85 bits per heavy atom. The Bertz CT molecular complexity index is 876. The van der Waals surface area contributed by atoms with Gasteiger partial charge in [-0.25, -0.2) is 14.5 Å². The second-order valence-electron chi connectivity index (χ2n) is 6.15. The molecule has 1 aliphatic rings. The van der Waals surface area contributed by atoms with E-state index in [4.69, 9.17) is 9.47 Å². The van der Waals surface area contributed by atoms with E-state index in [-0.39, 0.29) is 13.2 Å². The topological polar surface area (TPSA) is 77.8 Å². The number of ether oxygens (including phenoxy) is 2. The zero-order valence-corrected chi connectivity index (χ0v) is 15.9. The van der Waals surface area contributed by atoms with Gasteiger partial charge in [-0.3, -0.25) is 4.79 Å². The van der Waals surface area contributed by atoms with Crippen LogP contribution in [0.3, 0.4) is 0 Å². The predicted octanol–water partition coefficient (Wildman–Crippen LogP) is 2.91. The van der Waals surface area contributed by atoms with Crippen LogP contribution in [0.5, 0.6) is 0 Å². The molecule has 0 radical (unpaired) electrons. The smallest absolute Gasteiger partial charge is 0.416 e. The van der Waals surface area contributed by atoms with Crippen LogP contribution in [0.2, 0.25) is 0 Å². The first-order valence-electron chi connectivity index (χ1n) is 8.20. The maximum atomic E-state index is 12.7. The Kier molecular flexibility index (Phi) is 4.86. The monoisotopic (exact) mass is 376 g/mol. The highest BCUT2D eigenvalue weighted by atomic mass is 32.1. The predicted molar refractivity (Wildman–Crippen MR) is 95.9 cm³/mol. The van der Waals surface area contributed by atoms with Gasteiger partial charge in [0.1, 0.15) is 11.6 Å². The first kappa shape index (κ1) is 18.2. The number of amides is 2. The molecule has 138 valence electrons. The van der Waals surface area contributed by atoms with Crippen molar-refractivity contribution in [3.05, 3.63) is 39.5 Å². The van der Waals surface area contributed by atoms with Crippen molar-refractivity contribution in [1.29, 1.82) is 0 Å². The fraction of sp³-hybridized carbons (Fsp3) is 0.389. The molecule has 0 aliphatic carbocycles. The van der Waals surface area contributed by atoms with Gasteiger partial charge in [-0.15, -0.1) is 11.3 Å². The molecule has 1 saturated heterocycles. The van der Waals surface area contributed by atoms with Gasteiger partial charge in [0.05, 0.1) is 12.1 Å². The van der Waals surface area contributed by atoms with Gasteiger partial charge in [0, 0.05) is 16.3 Å².